The van der Waals surface area contributed by atoms with Crippen LogP contribution >= 0.6 is 27.5 Å². The Kier molecular flexibility index (Phi) is 5.05. The Hall–Kier alpha value is -1.97. The highest BCUT2D eigenvalue weighted by Gasteiger charge is 2.20. The number of nitrogens with one attached hydrogen (secondary N) is 1. The lowest BCUT2D eigenvalue weighted by Crippen LogP contribution is -2.28. The van der Waals surface area contributed by atoms with Crippen molar-refractivity contribution in [2.24, 2.45) is 0 Å². The first-order chi connectivity index (χ1) is 12.2. The van der Waals surface area contributed by atoms with Crippen molar-refractivity contribution in [3.05, 3.63) is 56.1 Å². The minimum Gasteiger partial charge on any atom is -0.287 e. The van der Waals surface area contributed by atoms with Crippen molar-refractivity contribution < 1.29 is 8.42 Å². The third kappa shape index (κ3) is 3.46. The molecule has 0 saturated heterocycles. The maximum atomic E-state index is 12.8. The molecule has 3 aromatic rings. The van der Waals surface area contributed by atoms with Crippen LogP contribution in [0.1, 0.15) is 12.5 Å². The second kappa shape index (κ2) is 6.98. The van der Waals surface area contributed by atoms with E-state index in [1.54, 1.807) is 6.07 Å². The number of nitrogens with zero attached hydrogens (tertiary/aromatic N) is 3. The molecule has 0 spiro atoms. The van der Waals surface area contributed by atoms with Gasteiger partial charge in [-0.25, -0.2) is 23.1 Å². The van der Waals surface area contributed by atoms with Crippen LogP contribution in [0.2, 0.25) is 5.02 Å². The van der Waals surface area contributed by atoms with Crippen molar-refractivity contribution in [1.82, 2.24) is 14.6 Å². The second-order valence-electron chi connectivity index (χ2n) is 5.58. The zero-order valence-electron chi connectivity index (χ0n) is 13.8. The Morgan fingerprint density at radius 3 is 2.69 bits per heavy atom. The molecule has 2 aromatic heterocycles. The van der Waals surface area contributed by atoms with Gasteiger partial charge in [0.05, 0.1) is 27.4 Å². The van der Waals surface area contributed by atoms with E-state index in [4.69, 9.17) is 11.6 Å². The van der Waals surface area contributed by atoms with Crippen LogP contribution in [0.4, 0.5) is 5.69 Å². The van der Waals surface area contributed by atoms with Crippen molar-refractivity contribution in [2.45, 2.75) is 18.9 Å². The Bertz CT molecular complexity index is 1180. The number of anilines is 1. The van der Waals surface area contributed by atoms with E-state index >= 15 is 0 Å². The molecule has 0 saturated carbocycles. The molecule has 136 valence electrons. The lowest BCUT2D eigenvalue weighted by Gasteiger charge is -2.13. The third-order valence-electron chi connectivity index (χ3n) is 3.69. The van der Waals surface area contributed by atoms with Crippen LogP contribution < -0.4 is 11.0 Å². The summed E-state index contributed by atoms with van der Waals surface area (Å²) in [6.07, 6.45) is 2.53. The maximum absolute atomic E-state index is 12.8. The quantitative estimate of drug-likeness (QED) is 0.647. The van der Waals surface area contributed by atoms with E-state index in [-0.39, 0.29) is 27.0 Å². The SMILES string of the molecule is CCS(=O)(=O)c1ncc(Cl)cc1Nn1cnc2c(Br)cc(C)cc2c1=O. The van der Waals surface area contributed by atoms with Crippen LogP contribution in [0.25, 0.3) is 10.9 Å². The summed E-state index contributed by atoms with van der Waals surface area (Å²) >= 11 is 9.34. The summed E-state index contributed by atoms with van der Waals surface area (Å²) in [6.45, 7) is 3.38. The molecule has 0 fully saturated rings. The normalized spacial score (nSPS) is 11.7. The number of aryl methyl sites for hydroxylation is 1. The number of halogens is 2. The van der Waals surface area contributed by atoms with Gasteiger partial charge in [0.1, 0.15) is 6.33 Å². The Morgan fingerprint density at radius 1 is 1.27 bits per heavy atom. The van der Waals surface area contributed by atoms with Crippen molar-refractivity contribution >= 4 is 54.0 Å². The van der Waals surface area contributed by atoms with E-state index in [1.807, 2.05) is 13.0 Å². The molecule has 0 aliphatic rings. The molecule has 0 unspecified atom stereocenters. The monoisotopic (exact) mass is 456 g/mol. The first-order valence-corrected chi connectivity index (χ1v) is 10.4. The number of benzene rings is 1. The van der Waals surface area contributed by atoms with E-state index in [0.717, 1.165) is 10.2 Å². The van der Waals surface area contributed by atoms with E-state index in [2.05, 4.69) is 31.3 Å². The van der Waals surface area contributed by atoms with Gasteiger partial charge < -0.3 is 0 Å². The molecule has 26 heavy (non-hydrogen) atoms. The summed E-state index contributed by atoms with van der Waals surface area (Å²) in [6, 6.07) is 4.98. The van der Waals surface area contributed by atoms with E-state index in [9.17, 15) is 13.2 Å². The van der Waals surface area contributed by atoms with Crippen molar-refractivity contribution in [3.63, 3.8) is 0 Å². The molecule has 0 aliphatic carbocycles. The Labute approximate surface area is 163 Å². The molecule has 10 heteroatoms. The molecule has 0 bridgehead atoms. The summed E-state index contributed by atoms with van der Waals surface area (Å²) < 4.78 is 26.3. The molecule has 0 amide bonds. The van der Waals surface area contributed by atoms with Crippen LogP contribution in [0.5, 0.6) is 0 Å². The van der Waals surface area contributed by atoms with Crippen LogP contribution in [0.15, 0.2) is 45.0 Å². The maximum Gasteiger partial charge on any atom is 0.280 e. The second-order valence-corrected chi connectivity index (χ2v) is 9.07. The van der Waals surface area contributed by atoms with Gasteiger partial charge in [0.25, 0.3) is 5.56 Å². The molecule has 2 heterocycles. The summed E-state index contributed by atoms with van der Waals surface area (Å²) in [5, 5.41) is 0.450. The predicted molar refractivity (Wildman–Crippen MR) is 104 cm³/mol. The standard InChI is InChI=1S/C16H14BrClN4O3S/c1-3-26(24,25)15-13(6-10(18)7-19-15)21-22-8-20-14-11(16(22)23)4-9(2)5-12(14)17/h4-8,21H,3H2,1-2H3. The van der Waals surface area contributed by atoms with Gasteiger partial charge in [0, 0.05) is 10.7 Å². The van der Waals surface area contributed by atoms with Gasteiger partial charge in [-0.3, -0.25) is 10.2 Å². The first kappa shape index (κ1) is 18.8. The molecule has 0 radical (unpaired) electrons. The number of aromatic nitrogens is 3. The lowest BCUT2D eigenvalue weighted by atomic mass is 10.2. The minimum atomic E-state index is -3.61. The van der Waals surface area contributed by atoms with Gasteiger partial charge in [-0.2, -0.15) is 0 Å². The van der Waals surface area contributed by atoms with Crippen molar-refractivity contribution in [1.29, 1.82) is 0 Å². The fraction of sp³-hybridized carbons (Fsp3) is 0.188. The number of pyridine rings is 1. The largest absolute Gasteiger partial charge is 0.287 e. The summed E-state index contributed by atoms with van der Waals surface area (Å²) in [7, 11) is -3.61. The van der Waals surface area contributed by atoms with Gasteiger partial charge in [0.2, 0.25) is 0 Å². The molecule has 0 atom stereocenters. The molecule has 7 nitrogen and oxygen atoms in total. The number of fused-ring (bicyclic) bond motifs is 1. The molecule has 3 rings (SSSR count). The van der Waals surface area contributed by atoms with E-state index in [0.29, 0.717) is 15.4 Å². The van der Waals surface area contributed by atoms with Gasteiger partial charge in [-0.1, -0.05) is 18.5 Å². The Morgan fingerprint density at radius 2 is 2.00 bits per heavy atom. The van der Waals surface area contributed by atoms with Crippen molar-refractivity contribution in [3.8, 4) is 0 Å². The molecular formula is C16H14BrClN4O3S. The number of hydrogen-bond donors (Lipinski definition) is 1. The van der Waals surface area contributed by atoms with Gasteiger partial charge >= 0.3 is 0 Å². The molecule has 1 N–H and O–H groups in total. The highest BCUT2D eigenvalue weighted by molar-refractivity contribution is 9.10. The van der Waals surface area contributed by atoms with Gasteiger partial charge in [-0.05, 0) is 46.6 Å². The highest BCUT2D eigenvalue weighted by Crippen LogP contribution is 2.24. The van der Waals surface area contributed by atoms with Gasteiger partial charge in [0.15, 0.2) is 14.9 Å². The van der Waals surface area contributed by atoms with Crippen LogP contribution in [-0.2, 0) is 9.84 Å². The zero-order chi connectivity index (χ0) is 19.1. The topological polar surface area (TPSA) is 93.9 Å². The number of hydrogen-bond acceptors (Lipinski definition) is 6. The Balaban J connectivity index is 2.18. The number of rotatable bonds is 4. The summed E-state index contributed by atoms with van der Waals surface area (Å²) in [5.41, 5.74) is 3.89. The fourth-order valence-electron chi connectivity index (χ4n) is 2.43. The first-order valence-electron chi connectivity index (χ1n) is 7.56. The average molecular weight is 458 g/mol. The van der Waals surface area contributed by atoms with E-state index < -0.39 is 9.84 Å². The van der Waals surface area contributed by atoms with Crippen LogP contribution in [0.3, 0.4) is 0 Å². The molecule has 1 aromatic carbocycles. The smallest absolute Gasteiger partial charge is 0.280 e. The predicted octanol–water partition coefficient (Wildman–Crippen LogP) is 3.18. The molecular weight excluding hydrogens is 444 g/mol. The zero-order valence-corrected chi connectivity index (χ0v) is 17.0. The lowest BCUT2D eigenvalue weighted by molar-refractivity contribution is 0.593. The van der Waals surface area contributed by atoms with E-state index in [1.165, 1.54) is 25.5 Å². The molecule has 0 aliphatic heterocycles. The van der Waals surface area contributed by atoms with Crippen LogP contribution in [0, 0.1) is 6.92 Å². The van der Waals surface area contributed by atoms with Gasteiger partial charge in [-0.15, -0.1) is 0 Å². The third-order valence-corrected chi connectivity index (χ3v) is 6.18. The minimum absolute atomic E-state index is 0.106. The summed E-state index contributed by atoms with van der Waals surface area (Å²) in [5.74, 6) is -0.132. The van der Waals surface area contributed by atoms with Crippen LogP contribution in [-0.4, -0.2) is 28.8 Å². The number of sulfone groups is 1. The fourth-order valence-corrected chi connectivity index (χ4v) is 4.19. The average Bonchev–Trinajstić information content (AvgIpc) is 2.57. The van der Waals surface area contributed by atoms with Crippen molar-refractivity contribution in [2.75, 3.05) is 11.2 Å². The highest BCUT2D eigenvalue weighted by atomic mass is 79.9. The summed E-state index contributed by atoms with van der Waals surface area (Å²) in [4.78, 5) is 21.0.